The van der Waals surface area contributed by atoms with Crippen LogP contribution in [0, 0.1) is 11.3 Å². The van der Waals surface area contributed by atoms with Crippen molar-refractivity contribution in [3.8, 4) is 11.9 Å². The van der Waals surface area contributed by atoms with Crippen LogP contribution >= 0.6 is 0 Å². The fourth-order valence-corrected chi connectivity index (χ4v) is 2.57. The summed E-state index contributed by atoms with van der Waals surface area (Å²) in [6, 6.07) is 13.1. The van der Waals surface area contributed by atoms with Crippen LogP contribution in [-0.2, 0) is 11.8 Å². The summed E-state index contributed by atoms with van der Waals surface area (Å²) in [7, 11) is 3.44. The Kier molecular flexibility index (Phi) is 4.48. The van der Waals surface area contributed by atoms with E-state index in [4.69, 9.17) is 4.74 Å². The van der Waals surface area contributed by atoms with Crippen molar-refractivity contribution in [1.82, 2.24) is 9.55 Å². The molecule has 0 bridgehead atoms. The summed E-state index contributed by atoms with van der Waals surface area (Å²) >= 11 is 0. The maximum Gasteiger partial charge on any atom is 0.266 e. The molecule has 2 heterocycles. The zero-order valence-electron chi connectivity index (χ0n) is 13.9. The number of amides is 1. The van der Waals surface area contributed by atoms with Gasteiger partial charge in [0.15, 0.2) is 0 Å². The van der Waals surface area contributed by atoms with Crippen LogP contribution in [-0.4, -0.2) is 22.6 Å². The molecule has 124 valence electrons. The molecule has 0 saturated carbocycles. The van der Waals surface area contributed by atoms with Crippen LogP contribution in [0.1, 0.15) is 5.56 Å². The molecule has 6 nitrogen and oxygen atoms in total. The molecule has 2 aromatic heterocycles. The number of aromatic nitrogens is 2. The minimum atomic E-state index is -0.484. The number of nitrogens with zero attached hydrogens (tertiary/aromatic N) is 3. The van der Waals surface area contributed by atoms with Crippen molar-refractivity contribution < 1.29 is 9.53 Å². The first-order valence-corrected chi connectivity index (χ1v) is 7.59. The molecule has 1 amide bonds. The van der Waals surface area contributed by atoms with E-state index in [0.717, 1.165) is 16.5 Å². The van der Waals surface area contributed by atoms with E-state index in [1.54, 1.807) is 18.2 Å². The van der Waals surface area contributed by atoms with Crippen LogP contribution in [0.25, 0.3) is 17.0 Å². The molecule has 0 saturated heterocycles. The zero-order valence-corrected chi connectivity index (χ0v) is 13.9. The predicted molar refractivity (Wildman–Crippen MR) is 95.9 cm³/mol. The topological polar surface area (TPSA) is 79.9 Å². The Morgan fingerprint density at radius 3 is 2.80 bits per heavy atom. The normalized spacial score (nSPS) is 11.2. The smallest absolute Gasteiger partial charge is 0.266 e. The quantitative estimate of drug-likeness (QED) is 0.588. The molecule has 1 N–H and O–H groups in total. The van der Waals surface area contributed by atoms with Crippen LogP contribution in [0.15, 0.2) is 54.4 Å². The minimum absolute atomic E-state index is 0.0205. The third-order valence-corrected chi connectivity index (χ3v) is 3.80. The molecular formula is C19H16N4O2. The van der Waals surface area contributed by atoms with Gasteiger partial charge in [-0.3, -0.25) is 4.79 Å². The monoisotopic (exact) mass is 332 g/mol. The lowest BCUT2D eigenvalue weighted by atomic mass is 10.1. The molecule has 0 spiro atoms. The van der Waals surface area contributed by atoms with Crippen LogP contribution in [0.2, 0.25) is 0 Å². The highest BCUT2D eigenvalue weighted by molar-refractivity contribution is 6.10. The summed E-state index contributed by atoms with van der Waals surface area (Å²) in [5.74, 6) is -0.0350. The first-order valence-electron chi connectivity index (χ1n) is 7.59. The van der Waals surface area contributed by atoms with E-state index in [1.165, 1.54) is 13.3 Å². The van der Waals surface area contributed by atoms with Crippen molar-refractivity contribution in [3.05, 3.63) is 59.9 Å². The number of rotatable bonds is 4. The molecule has 0 fully saturated rings. The van der Waals surface area contributed by atoms with E-state index in [1.807, 2.05) is 48.1 Å². The van der Waals surface area contributed by atoms with Crippen molar-refractivity contribution in [2.24, 2.45) is 7.05 Å². The highest BCUT2D eigenvalue weighted by Gasteiger charge is 2.12. The van der Waals surface area contributed by atoms with Gasteiger partial charge in [0.05, 0.1) is 19.0 Å². The number of para-hydroxylation sites is 1. The Balaban J connectivity index is 1.88. The van der Waals surface area contributed by atoms with Gasteiger partial charge < -0.3 is 14.6 Å². The molecule has 6 heteroatoms. The lowest BCUT2D eigenvalue weighted by molar-refractivity contribution is -0.112. The Morgan fingerprint density at radius 1 is 1.32 bits per heavy atom. The number of nitriles is 1. The molecule has 0 aliphatic rings. The van der Waals surface area contributed by atoms with E-state index in [-0.39, 0.29) is 5.57 Å². The number of methoxy groups -OCH3 is 1. The molecule has 25 heavy (non-hydrogen) atoms. The van der Waals surface area contributed by atoms with Crippen LogP contribution in [0.5, 0.6) is 5.88 Å². The number of nitrogens with one attached hydrogen (secondary N) is 1. The van der Waals surface area contributed by atoms with Crippen molar-refractivity contribution in [2.75, 3.05) is 12.4 Å². The number of hydrogen-bond donors (Lipinski definition) is 1. The maximum absolute atomic E-state index is 12.4. The van der Waals surface area contributed by atoms with Crippen LogP contribution < -0.4 is 10.1 Å². The number of carbonyl (C=O) groups excluding carboxylic acids is 1. The molecule has 0 atom stereocenters. The summed E-state index contributed by atoms with van der Waals surface area (Å²) in [4.78, 5) is 16.4. The second-order valence-corrected chi connectivity index (χ2v) is 5.43. The van der Waals surface area contributed by atoms with Crippen molar-refractivity contribution >= 4 is 28.6 Å². The number of aryl methyl sites for hydroxylation is 1. The highest BCUT2D eigenvalue weighted by atomic mass is 16.5. The molecular weight excluding hydrogens is 316 g/mol. The van der Waals surface area contributed by atoms with Gasteiger partial charge in [0.25, 0.3) is 5.91 Å². The Morgan fingerprint density at radius 2 is 2.12 bits per heavy atom. The van der Waals surface area contributed by atoms with Gasteiger partial charge in [0.1, 0.15) is 11.6 Å². The fourth-order valence-electron chi connectivity index (χ4n) is 2.57. The van der Waals surface area contributed by atoms with Gasteiger partial charge in [0.2, 0.25) is 5.88 Å². The number of hydrogen-bond acceptors (Lipinski definition) is 4. The number of ether oxygens (including phenoxy) is 1. The van der Waals surface area contributed by atoms with E-state index >= 15 is 0 Å². The summed E-state index contributed by atoms with van der Waals surface area (Å²) in [5, 5.41) is 13.0. The first-order chi connectivity index (χ1) is 12.1. The summed E-state index contributed by atoms with van der Waals surface area (Å²) in [6.07, 6.45) is 4.96. The zero-order chi connectivity index (χ0) is 17.8. The standard InChI is InChI=1S/C19H16N4O2/c1-23-12-14(16-5-3-4-6-17(16)23)9-13(10-20)19(24)22-15-7-8-18(25-2)21-11-15/h3-9,11-12H,1-2H3,(H,22,24)/b13-9+. The van der Waals surface area contributed by atoms with Crippen molar-refractivity contribution in [3.63, 3.8) is 0 Å². The van der Waals surface area contributed by atoms with Gasteiger partial charge in [-0.25, -0.2) is 4.98 Å². The summed E-state index contributed by atoms with van der Waals surface area (Å²) in [6.45, 7) is 0. The fraction of sp³-hybridized carbons (Fsp3) is 0.105. The number of benzene rings is 1. The van der Waals surface area contributed by atoms with Gasteiger partial charge in [-0.15, -0.1) is 0 Å². The van der Waals surface area contributed by atoms with Gasteiger partial charge >= 0.3 is 0 Å². The SMILES string of the molecule is COc1ccc(NC(=O)/C(C#N)=C/c2cn(C)c3ccccc23)cn1. The van der Waals surface area contributed by atoms with E-state index in [2.05, 4.69) is 10.3 Å². The maximum atomic E-state index is 12.4. The molecule has 0 aliphatic carbocycles. The van der Waals surface area contributed by atoms with Crippen LogP contribution in [0.4, 0.5) is 5.69 Å². The summed E-state index contributed by atoms with van der Waals surface area (Å²) in [5.41, 5.74) is 2.36. The number of carbonyl (C=O) groups is 1. The second-order valence-electron chi connectivity index (χ2n) is 5.43. The van der Waals surface area contributed by atoms with E-state index in [0.29, 0.717) is 11.6 Å². The molecule has 3 aromatic rings. The number of fused-ring (bicyclic) bond motifs is 1. The third-order valence-electron chi connectivity index (χ3n) is 3.80. The van der Waals surface area contributed by atoms with Gasteiger partial charge in [0, 0.05) is 35.8 Å². The van der Waals surface area contributed by atoms with E-state index < -0.39 is 5.91 Å². The Bertz CT molecular complexity index is 994. The lowest BCUT2D eigenvalue weighted by Crippen LogP contribution is -2.13. The van der Waals surface area contributed by atoms with Gasteiger partial charge in [-0.2, -0.15) is 5.26 Å². The summed E-state index contributed by atoms with van der Waals surface area (Å²) < 4.78 is 6.93. The second kappa shape index (κ2) is 6.89. The molecule has 0 unspecified atom stereocenters. The third kappa shape index (κ3) is 3.35. The van der Waals surface area contributed by atoms with E-state index in [9.17, 15) is 10.1 Å². The van der Waals surface area contributed by atoms with Crippen molar-refractivity contribution in [1.29, 1.82) is 5.26 Å². The average molecular weight is 332 g/mol. The van der Waals surface area contributed by atoms with Crippen LogP contribution in [0.3, 0.4) is 0 Å². The first kappa shape index (κ1) is 16.3. The number of pyridine rings is 1. The Labute approximate surface area is 145 Å². The minimum Gasteiger partial charge on any atom is -0.481 e. The lowest BCUT2D eigenvalue weighted by Gasteiger charge is -2.04. The largest absolute Gasteiger partial charge is 0.481 e. The average Bonchev–Trinajstić information content (AvgIpc) is 2.96. The number of anilines is 1. The molecule has 1 aromatic carbocycles. The predicted octanol–water partition coefficient (Wildman–Crippen LogP) is 3.13. The van der Waals surface area contributed by atoms with Gasteiger partial charge in [-0.1, -0.05) is 18.2 Å². The highest BCUT2D eigenvalue weighted by Crippen LogP contribution is 2.23. The molecule has 0 radical (unpaired) electrons. The van der Waals surface area contributed by atoms with Crippen molar-refractivity contribution in [2.45, 2.75) is 0 Å². The molecule has 3 rings (SSSR count). The Hall–Kier alpha value is -3.59. The molecule has 0 aliphatic heterocycles. The van der Waals surface area contributed by atoms with Gasteiger partial charge in [-0.05, 0) is 18.2 Å².